The number of carbonyl (C=O) groups is 2. The zero-order valence-electron chi connectivity index (χ0n) is 12.8. The van der Waals surface area contributed by atoms with Gasteiger partial charge in [0.25, 0.3) is 0 Å². The van der Waals surface area contributed by atoms with Crippen LogP contribution in [0.25, 0.3) is 0 Å². The third kappa shape index (κ3) is 3.45. The molecule has 6 nitrogen and oxygen atoms in total. The molecule has 2 saturated carbocycles. The summed E-state index contributed by atoms with van der Waals surface area (Å²) in [4.78, 5) is 23.8. The standard InChI is InChI=1S/C15H24N2O4S/c18-13(17-11-4-8-22(20,21)10-11)3-7-16-14(19)12-9-15(12)5-1-2-6-15/h11-12H,1-10H2,(H,16,19)(H,17,18). The molecule has 2 N–H and O–H groups in total. The number of hydrogen-bond acceptors (Lipinski definition) is 4. The quantitative estimate of drug-likeness (QED) is 0.763. The molecule has 2 unspecified atom stereocenters. The highest BCUT2D eigenvalue weighted by Gasteiger charge is 2.58. The molecule has 7 heteroatoms. The second-order valence-electron chi connectivity index (χ2n) is 7.03. The monoisotopic (exact) mass is 328 g/mol. The summed E-state index contributed by atoms with van der Waals surface area (Å²) in [6.45, 7) is 0.330. The Labute approximate surface area is 131 Å². The Bertz CT molecular complexity index is 566. The minimum atomic E-state index is -2.98. The van der Waals surface area contributed by atoms with Gasteiger partial charge < -0.3 is 10.6 Å². The Morgan fingerprint density at radius 3 is 2.55 bits per heavy atom. The van der Waals surface area contributed by atoms with Gasteiger partial charge in [-0.1, -0.05) is 12.8 Å². The molecule has 0 aromatic heterocycles. The molecule has 1 spiro atoms. The van der Waals surface area contributed by atoms with Crippen molar-refractivity contribution in [1.29, 1.82) is 0 Å². The van der Waals surface area contributed by atoms with Crippen molar-refractivity contribution in [2.45, 2.75) is 51.0 Å². The SMILES string of the molecule is O=C(CCNC(=O)C1CC12CCCC2)NC1CCS(=O)(=O)C1. The summed E-state index contributed by atoms with van der Waals surface area (Å²) in [7, 11) is -2.98. The van der Waals surface area contributed by atoms with Crippen molar-refractivity contribution in [2.75, 3.05) is 18.1 Å². The van der Waals surface area contributed by atoms with E-state index in [1.165, 1.54) is 25.7 Å². The van der Waals surface area contributed by atoms with Gasteiger partial charge in [-0.3, -0.25) is 9.59 Å². The number of carbonyl (C=O) groups excluding carboxylic acids is 2. The zero-order chi connectivity index (χ0) is 15.8. The lowest BCUT2D eigenvalue weighted by molar-refractivity contribution is -0.123. The Morgan fingerprint density at radius 2 is 1.91 bits per heavy atom. The highest BCUT2D eigenvalue weighted by Crippen LogP contribution is 2.62. The molecule has 3 aliphatic rings. The van der Waals surface area contributed by atoms with Crippen LogP contribution in [0.1, 0.15) is 44.9 Å². The van der Waals surface area contributed by atoms with E-state index >= 15 is 0 Å². The summed E-state index contributed by atoms with van der Waals surface area (Å²) in [5.74, 6) is 0.235. The van der Waals surface area contributed by atoms with Crippen LogP contribution in [0.3, 0.4) is 0 Å². The van der Waals surface area contributed by atoms with Crippen LogP contribution in [0.5, 0.6) is 0 Å². The molecule has 124 valence electrons. The van der Waals surface area contributed by atoms with E-state index < -0.39 is 9.84 Å². The van der Waals surface area contributed by atoms with Crippen molar-refractivity contribution in [3.05, 3.63) is 0 Å². The van der Waals surface area contributed by atoms with Crippen LogP contribution in [0.2, 0.25) is 0 Å². The first-order chi connectivity index (χ1) is 10.4. The van der Waals surface area contributed by atoms with Gasteiger partial charge in [-0.25, -0.2) is 8.42 Å². The number of hydrogen-bond donors (Lipinski definition) is 2. The molecule has 0 bridgehead atoms. The van der Waals surface area contributed by atoms with Crippen LogP contribution < -0.4 is 10.6 Å². The molecular formula is C15H24N2O4S. The van der Waals surface area contributed by atoms with Crippen LogP contribution in [0.15, 0.2) is 0 Å². The molecule has 0 radical (unpaired) electrons. The topological polar surface area (TPSA) is 92.3 Å². The summed E-state index contributed by atoms with van der Waals surface area (Å²) in [6.07, 6.45) is 6.51. The predicted molar refractivity (Wildman–Crippen MR) is 81.8 cm³/mol. The van der Waals surface area contributed by atoms with E-state index in [0.29, 0.717) is 13.0 Å². The molecule has 2 amide bonds. The highest BCUT2D eigenvalue weighted by molar-refractivity contribution is 7.91. The molecule has 22 heavy (non-hydrogen) atoms. The maximum Gasteiger partial charge on any atom is 0.223 e. The predicted octanol–water partition coefficient (Wildman–Crippen LogP) is 0.376. The van der Waals surface area contributed by atoms with Crippen LogP contribution in [-0.2, 0) is 19.4 Å². The van der Waals surface area contributed by atoms with Gasteiger partial charge in [-0.2, -0.15) is 0 Å². The highest BCUT2D eigenvalue weighted by atomic mass is 32.2. The number of nitrogens with one attached hydrogen (secondary N) is 2. The molecule has 3 rings (SSSR count). The van der Waals surface area contributed by atoms with Crippen molar-refractivity contribution in [3.8, 4) is 0 Å². The molecule has 0 aromatic rings. The van der Waals surface area contributed by atoms with Gasteiger partial charge in [-0.05, 0) is 31.1 Å². The molecule has 1 aliphatic heterocycles. The molecule has 1 saturated heterocycles. The Balaban J connectivity index is 1.33. The minimum absolute atomic E-state index is 0.0374. The molecule has 2 aliphatic carbocycles. The third-order valence-electron chi connectivity index (χ3n) is 5.35. The van der Waals surface area contributed by atoms with E-state index in [-0.39, 0.29) is 47.1 Å². The van der Waals surface area contributed by atoms with Gasteiger partial charge in [0, 0.05) is 24.9 Å². The van der Waals surface area contributed by atoms with Crippen LogP contribution in [0.4, 0.5) is 0 Å². The lowest BCUT2D eigenvalue weighted by atomic mass is 10.0. The van der Waals surface area contributed by atoms with E-state index in [1.807, 2.05) is 0 Å². The van der Waals surface area contributed by atoms with Gasteiger partial charge in [0.1, 0.15) is 0 Å². The minimum Gasteiger partial charge on any atom is -0.355 e. The smallest absolute Gasteiger partial charge is 0.223 e. The van der Waals surface area contributed by atoms with E-state index in [1.54, 1.807) is 0 Å². The molecule has 0 aromatic carbocycles. The average molecular weight is 328 g/mol. The van der Waals surface area contributed by atoms with Crippen molar-refractivity contribution in [2.24, 2.45) is 11.3 Å². The summed E-state index contributed by atoms with van der Waals surface area (Å²) in [5.41, 5.74) is 0.282. The number of amides is 2. The van der Waals surface area contributed by atoms with E-state index in [2.05, 4.69) is 10.6 Å². The molecular weight excluding hydrogens is 304 g/mol. The molecule has 1 heterocycles. The zero-order valence-corrected chi connectivity index (χ0v) is 13.6. The molecule has 2 atom stereocenters. The first-order valence-electron chi connectivity index (χ1n) is 8.18. The number of sulfone groups is 1. The third-order valence-corrected chi connectivity index (χ3v) is 7.12. The van der Waals surface area contributed by atoms with Crippen LogP contribution in [-0.4, -0.2) is 44.3 Å². The van der Waals surface area contributed by atoms with Gasteiger partial charge in [0.15, 0.2) is 9.84 Å². The fraction of sp³-hybridized carbons (Fsp3) is 0.867. The lowest BCUT2D eigenvalue weighted by Gasteiger charge is -2.12. The van der Waals surface area contributed by atoms with E-state index in [9.17, 15) is 18.0 Å². The van der Waals surface area contributed by atoms with E-state index in [4.69, 9.17) is 0 Å². The van der Waals surface area contributed by atoms with Crippen molar-refractivity contribution >= 4 is 21.7 Å². The number of rotatable bonds is 5. The summed E-state index contributed by atoms with van der Waals surface area (Å²) in [6, 6.07) is -0.265. The van der Waals surface area contributed by atoms with Crippen molar-refractivity contribution < 1.29 is 18.0 Å². The largest absolute Gasteiger partial charge is 0.355 e. The summed E-state index contributed by atoms with van der Waals surface area (Å²) in [5, 5.41) is 5.58. The van der Waals surface area contributed by atoms with Crippen LogP contribution in [0, 0.1) is 11.3 Å². The Morgan fingerprint density at radius 1 is 1.18 bits per heavy atom. The average Bonchev–Trinajstić information content (AvgIpc) is 2.74. The Hall–Kier alpha value is -1.11. The fourth-order valence-electron chi connectivity index (χ4n) is 3.98. The van der Waals surface area contributed by atoms with E-state index in [0.717, 1.165) is 6.42 Å². The maximum atomic E-state index is 12.1. The normalized spacial score (nSPS) is 31.1. The van der Waals surface area contributed by atoms with Gasteiger partial charge in [0.2, 0.25) is 11.8 Å². The molecule has 3 fully saturated rings. The van der Waals surface area contributed by atoms with Gasteiger partial charge in [0.05, 0.1) is 11.5 Å². The second kappa shape index (κ2) is 5.83. The first kappa shape index (κ1) is 15.8. The second-order valence-corrected chi connectivity index (χ2v) is 9.26. The van der Waals surface area contributed by atoms with Crippen molar-refractivity contribution in [1.82, 2.24) is 10.6 Å². The van der Waals surface area contributed by atoms with Gasteiger partial charge in [-0.15, -0.1) is 0 Å². The first-order valence-corrected chi connectivity index (χ1v) is 10.00. The summed E-state index contributed by atoms with van der Waals surface area (Å²) < 4.78 is 22.6. The summed E-state index contributed by atoms with van der Waals surface area (Å²) >= 11 is 0. The van der Waals surface area contributed by atoms with Crippen LogP contribution >= 0.6 is 0 Å². The maximum absolute atomic E-state index is 12.1. The lowest BCUT2D eigenvalue weighted by Crippen LogP contribution is -2.38. The van der Waals surface area contributed by atoms with Crippen molar-refractivity contribution in [3.63, 3.8) is 0 Å². The Kier molecular flexibility index (Phi) is 4.18. The fourth-order valence-corrected chi connectivity index (χ4v) is 5.65. The van der Waals surface area contributed by atoms with Gasteiger partial charge >= 0.3 is 0 Å².